The number of rotatable bonds is 3. The lowest BCUT2D eigenvalue weighted by molar-refractivity contribution is 0.100. The van der Waals surface area contributed by atoms with Crippen molar-refractivity contribution in [2.75, 3.05) is 0 Å². The zero-order valence-corrected chi connectivity index (χ0v) is 14.9. The molecule has 1 aromatic rings. The summed E-state index contributed by atoms with van der Waals surface area (Å²) in [6.07, 6.45) is 4.09. The van der Waals surface area contributed by atoms with Crippen molar-refractivity contribution < 1.29 is 0 Å². The van der Waals surface area contributed by atoms with Crippen LogP contribution in [0.3, 0.4) is 0 Å². The summed E-state index contributed by atoms with van der Waals surface area (Å²) in [5.74, 6) is 0.855. The Bertz CT molecular complexity index is 549. The van der Waals surface area contributed by atoms with Gasteiger partial charge < -0.3 is 5.32 Å². The number of hydrogen-bond acceptors (Lipinski definition) is 1. The summed E-state index contributed by atoms with van der Waals surface area (Å²) < 4.78 is 0. The summed E-state index contributed by atoms with van der Waals surface area (Å²) in [6, 6.07) is 6.60. The van der Waals surface area contributed by atoms with Gasteiger partial charge in [-0.25, -0.2) is 0 Å². The first-order valence-corrected chi connectivity index (χ1v) is 8.70. The van der Waals surface area contributed by atoms with Crippen LogP contribution >= 0.6 is 23.2 Å². The van der Waals surface area contributed by atoms with E-state index in [0.717, 1.165) is 16.5 Å². The number of benzene rings is 1. The predicted molar refractivity (Wildman–Crippen MR) is 91.0 cm³/mol. The zero-order chi connectivity index (χ0) is 15.4. The van der Waals surface area contributed by atoms with Crippen LogP contribution in [0.15, 0.2) is 18.2 Å². The van der Waals surface area contributed by atoms with E-state index in [4.69, 9.17) is 23.2 Å². The lowest BCUT2D eigenvalue weighted by Gasteiger charge is -2.44. The van der Waals surface area contributed by atoms with Gasteiger partial charge in [-0.1, -0.05) is 50.0 Å². The summed E-state index contributed by atoms with van der Waals surface area (Å²) in [6.45, 7) is 9.52. The van der Waals surface area contributed by atoms with E-state index in [9.17, 15) is 0 Å². The third-order valence-electron chi connectivity index (χ3n) is 6.12. The van der Waals surface area contributed by atoms with Crippen molar-refractivity contribution in [3.8, 4) is 0 Å². The smallest absolute Gasteiger partial charge is 0.0468 e. The summed E-state index contributed by atoms with van der Waals surface area (Å²) >= 11 is 12.4. The van der Waals surface area contributed by atoms with Gasteiger partial charge in [0.1, 0.15) is 0 Å². The molecular weight excluding hydrogens is 301 g/mol. The molecule has 2 saturated carbocycles. The fourth-order valence-corrected chi connectivity index (χ4v) is 5.48. The van der Waals surface area contributed by atoms with E-state index in [1.807, 2.05) is 18.2 Å². The molecule has 21 heavy (non-hydrogen) atoms. The quantitative estimate of drug-likeness (QED) is 0.733. The van der Waals surface area contributed by atoms with E-state index >= 15 is 0 Å². The van der Waals surface area contributed by atoms with Crippen LogP contribution in [0.25, 0.3) is 0 Å². The topological polar surface area (TPSA) is 12.0 Å². The molecule has 0 radical (unpaired) electrons. The maximum atomic E-state index is 6.37. The Hall–Kier alpha value is -0.240. The maximum Gasteiger partial charge on any atom is 0.0468 e. The molecule has 0 aliphatic heterocycles. The second-order valence-corrected chi connectivity index (χ2v) is 8.75. The molecule has 0 heterocycles. The second-order valence-electron chi connectivity index (χ2n) is 7.90. The number of halogens is 2. The van der Waals surface area contributed by atoms with Crippen molar-refractivity contribution in [1.29, 1.82) is 0 Å². The minimum atomic E-state index is 0.246. The monoisotopic (exact) mass is 325 g/mol. The molecule has 3 heteroatoms. The Morgan fingerprint density at radius 2 is 1.95 bits per heavy atom. The molecule has 4 unspecified atom stereocenters. The van der Waals surface area contributed by atoms with Gasteiger partial charge in [-0.05, 0) is 60.6 Å². The molecule has 3 rings (SSSR count). The Labute approximate surface area is 138 Å². The van der Waals surface area contributed by atoms with Crippen molar-refractivity contribution in [1.82, 2.24) is 5.32 Å². The summed E-state index contributed by atoms with van der Waals surface area (Å²) in [4.78, 5) is 0. The largest absolute Gasteiger partial charge is 0.306 e. The van der Waals surface area contributed by atoms with Gasteiger partial charge in [-0.15, -0.1) is 0 Å². The van der Waals surface area contributed by atoms with Gasteiger partial charge in [-0.3, -0.25) is 0 Å². The van der Waals surface area contributed by atoms with Gasteiger partial charge >= 0.3 is 0 Å². The first-order chi connectivity index (χ1) is 9.74. The van der Waals surface area contributed by atoms with Crippen LogP contribution in [0.5, 0.6) is 0 Å². The van der Waals surface area contributed by atoms with Crippen LogP contribution in [-0.2, 0) is 0 Å². The molecule has 0 spiro atoms. The van der Waals surface area contributed by atoms with Gasteiger partial charge in [0.05, 0.1) is 0 Å². The molecule has 1 aromatic carbocycles. The van der Waals surface area contributed by atoms with Gasteiger partial charge in [0.25, 0.3) is 0 Å². The third-order valence-corrected chi connectivity index (χ3v) is 6.68. The predicted octanol–water partition coefficient (Wildman–Crippen LogP) is 5.86. The molecule has 2 bridgehead atoms. The molecule has 1 N–H and O–H groups in total. The molecule has 2 aliphatic rings. The molecule has 0 amide bonds. The van der Waals surface area contributed by atoms with Gasteiger partial charge in [0.2, 0.25) is 0 Å². The van der Waals surface area contributed by atoms with E-state index in [1.54, 1.807) is 0 Å². The minimum absolute atomic E-state index is 0.246. The van der Waals surface area contributed by atoms with E-state index < -0.39 is 0 Å². The van der Waals surface area contributed by atoms with E-state index in [1.165, 1.54) is 19.3 Å². The average Bonchev–Trinajstić information content (AvgIpc) is 2.85. The van der Waals surface area contributed by atoms with Crippen LogP contribution < -0.4 is 5.32 Å². The lowest BCUT2D eigenvalue weighted by Crippen LogP contribution is -2.51. The Morgan fingerprint density at radius 3 is 2.52 bits per heavy atom. The SMILES string of the molecule is CC(NC1C2(C)CCC(C2)C1(C)C)c1ccc(Cl)cc1Cl. The van der Waals surface area contributed by atoms with Crippen LogP contribution in [0.4, 0.5) is 0 Å². The summed E-state index contributed by atoms with van der Waals surface area (Å²) in [5.41, 5.74) is 1.94. The van der Waals surface area contributed by atoms with Crippen LogP contribution in [-0.4, -0.2) is 6.04 Å². The fraction of sp³-hybridized carbons (Fsp3) is 0.667. The van der Waals surface area contributed by atoms with Crippen molar-refractivity contribution in [2.45, 2.75) is 59.0 Å². The molecule has 1 nitrogen and oxygen atoms in total. The molecule has 0 saturated heterocycles. The highest BCUT2D eigenvalue weighted by Gasteiger charge is 2.59. The highest BCUT2D eigenvalue weighted by molar-refractivity contribution is 6.35. The fourth-order valence-electron chi connectivity index (χ4n) is 4.91. The number of fused-ring (bicyclic) bond motifs is 2. The van der Waals surface area contributed by atoms with Crippen LogP contribution in [0.2, 0.25) is 10.0 Å². The molecule has 2 aliphatic carbocycles. The molecule has 2 fully saturated rings. The van der Waals surface area contributed by atoms with Crippen molar-refractivity contribution in [3.05, 3.63) is 33.8 Å². The van der Waals surface area contributed by atoms with Crippen molar-refractivity contribution in [2.24, 2.45) is 16.7 Å². The Kier molecular flexibility index (Phi) is 3.83. The maximum absolute atomic E-state index is 6.37. The summed E-state index contributed by atoms with van der Waals surface area (Å²) in [5, 5.41) is 5.35. The first-order valence-electron chi connectivity index (χ1n) is 7.95. The highest BCUT2D eigenvalue weighted by atomic mass is 35.5. The zero-order valence-electron chi connectivity index (χ0n) is 13.3. The van der Waals surface area contributed by atoms with Crippen molar-refractivity contribution in [3.63, 3.8) is 0 Å². The average molecular weight is 326 g/mol. The van der Waals surface area contributed by atoms with Gasteiger partial charge in [-0.2, -0.15) is 0 Å². The Balaban J connectivity index is 1.83. The van der Waals surface area contributed by atoms with Gasteiger partial charge in [0.15, 0.2) is 0 Å². The highest BCUT2D eigenvalue weighted by Crippen LogP contribution is 2.62. The minimum Gasteiger partial charge on any atom is -0.306 e. The standard InChI is InChI=1S/C18H25Cl2N/c1-11(14-6-5-13(19)9-15(14)20)21-16-17(2,3)12-7-8-18(16,4)10-12/h5-6,9,11-12,16,21H,7-8,10H2,1-4H3. The molecule has 4 atom stereocenters. The lowest BCUT2D eigenvalue weighted by atomic mass is 9.68. The van der Waals surface area contributed by atoms with Crippen LogP contribution in [0, 0.1) is 16.7 Å². The Morgan fingerprint density at radius 1 is 1.24 bits per heavy atom. The number of nitrogens with one attached hydrogen (secondary N) is 1. The summed E-state index contributed by atoms with van der Waals surface area (Å²) in [7, 11) is 0. The third kappa shape index (κ3) is 2.52. The second kappa shape index (κ2) is 5.15. The molecule has 116 valence electrons. The van der Waals surface area contributed by atoms with Crippen molar-refractivity contribution >= 4 is 23.2 Å². The number of hydrogen-bond donors (Lipinski definition) is 1. The van der Waals surface area contributed by atoms with E-state index in [-0.39, 0.29) is 6.04 Å². The van der Waals surface area contributed by atoms with Gasteiger partial charge in [0, 0.05) is 22.1 Å². The normalized spacial score (nSPS) is 35.1. The first kappa shape index (κ1) is 15.6. The molecular formula is C18H25Cl2N. The van der Waals surface area contributed by atoms with E-state index in [0.29, 0.717) is 21.9 Å². The van der Waals surface area contributed by atoms with E-state index in [2.05, 4.69) is 33.0 Å². The molecule has 0 aromatic heterocycles. The van der Waals surface area contributed by atoms with Crippen LogP contribution in [0.1, 0.15) is 58.6 Å².